The third kappa shape index (κ3) is 4.56. The molecule has 0 saturated heterocycles. The van der Waals surface area contributed by atoms with Crippen molar-refractivity contribution in [2.75, 3.05) is 6.54 Å². The molecule has 0 aromatic heterocycles. The van der Waals surface area contributed by atoms with E-state index in [1.165, 1.54) is 0 Å². The molecule has 2 unspecified atom stereocenters. The van der Waals surface area contributed by atoms with Crippen LogP contribution in [0.15, 0.2) is 24.3 Å². The number of nitrogens with one attached hydrogen (secondary N) is 1. The van der Waals surface area contributed by atoms with Crippen LogP contribution in [0.3, 0.4) is 0 Å². The summed E-state index contributed by atoms with van der Waals surface area (Å²) >= 11 is 0. The lowest BCUT2D eigenvalue weighted by molar-refractivity contribution is -0.130. The van der Waals surface area contributed by atoms with Crippen molar-refractivity contribution < 1.29 is 14.6 Å². The van der Waals surface area contributed by atoms with Gasteiger partial charge in [0.05, 0.1) is 11.7 Å². The van der Waals surface area contributed by atoms with Gasteiger partial charge in [-0.15, -0.1) is 0 Å². The van der Waals surface area contributed by atoms with Gasteiger partial charge in [0.15, 0.2) is 6.10 Å². The van der Waals surface area contributed by atoms with Crippen molar-refractivity contribution in [2.24, 2.45) is 5.92 Å². The van der Waals surface area contributed by atoms with Crippen LogP contribution in [0.25, 0.3) is 0 Å². The summed E-state index contributed by atoms with van der Waals surface area (Å²) in [6.07, 6.45) is -1.32. The topological polar surface area (TPSA) is 82.3 Å². The van der Waals surface area contributed by atoms with Gasteiger partial charge in [0.2, 0.25) is 0 Å². The highest BCUT2D eigenvalue weighted by molar-refractivity contribution is 5.81. The predicted octanol–water partition coefficient (Wildman–Crippen LogP) is 1.46. The fourth-order valence-corrected chi connectivity index (χ4v) is 1.64. The van der Waals surface area contributed by atoms with Gasteiger partial charge in [-0.05, 0) is 25.0 Å². The van der Waals surface area contributed by atoms with Gasteiger partial charge in [-0.2, -0.15) is 5.26 Å². The zero-order valence-electron chi connectivity index (χ0n) is 12.0. The molecule has 20 heavy (non-hydrogen) atoms. The molecule has 108 valence electrons. The van der Waals surface area contributed by atoms with E-state index in [2.05, 4.69) is 5.32 Å². The molecule has 0 spiro atoms. The summed E-state index contributed by atoms with van der Waals surface area (Å²) in [6.45, 7) is 5.49. The van der Waals surface area contributed by atoms with Crippen LogP contribution in [-0.2, 0) is 4.79 Å². The fourth-order valence-electron chi connectivity index (χ4n) is 1.64. The van der Waals surface area contributed by atoms with Crippen molar-refractivity contribution in [3.63, 3.8) is 0 Å². The van der Waals surface area contributed by atoms with E-state index < -0.39 is 12.2 Å². The third-order valence-electron chi connectivity index (χ3n) is 2.70. The van der Waals surface area contributed by atoms with Crippen LogP contribution >= 0.6 is 0 Å². The Morgan fingerprint density at radius 3 is 2.60 bits per heavy atom. The number of nitrogens with zero attached hydrogens (tertiary/aromatic N) is 1. The maximum absolute atomic E-state index is 12.1. The SMILES string of the molecule is CC(O)CNC(=O)C(Oc1ccccc1C#N)C(C)C. The van der Waals surface area contributed by atoms with Gasteiger partial charge in [0.1, 0.15) is 11.8 Å². The first kappa shape index (κ1) is 16.0. The van der Waals surface area contributed by atoms with Crippen LogP contribution in [0.2, 0.25) is 0 Å². The number of ether oxygens (including phenoxy) is 1. The summed E-state index contributed by atoms with van der Waals surface area (Å²) in [4.78, 5) is 12.1. The minimum Gasteiger partial charge on any atom is -0.479 e. The second-order valence-electron chi connectivity index (χ2n) is 4.98. The highest BCUT2D eigenvalue weighted by Gasteiger charge is 2.25. The second kappa shape index (κ2) is 7.51. The van der Waals surface area contributed by atoms with Crippen molar-refractivity contribution in [2.45, 2.75) is 33.0 Å². The third-order valence-corrected chi connectivity index (χ3v) is 2.70. The Morgan fingerprint density at radius 1 is 1.40 bits per heavy atom. The molecule has 0 aliphatic rings. The molecule has 1 aromatic carbocycles. The smallest absolute Gasteiger partial charge is 0.261 e. The molecular weight excluding hydrogens is 256 g/mol. The van der Waals surface area contributed by atoms with E-state index in [1.807, 2.05) is 19.9 Å². The number of hydrogen-bond donors (Lipinski definition) is 2. The Hall–Kier alpha value is -2.06. The molecule has 1 aromatic rings. The minimum atomic E-state index is -0.705. The van der Waals surface area contributed by atoms with E-state index in [0.717, 1.165) is 0 Å². The van der Waals surface area contributed by atoms with Crippen molar-refractivity contribution >= 4 is 5.91 Å². The van der Waals surface area contributed by atoms with E-state index in [4.69, 9.17) is 10.00 Å². The first-order valence-corrected chi connectivity index (χ1v) is 6.57. The normalized spacial score (nSPS) is 13.4. The number of carbonyl (C=O) groups is 1. The Bertz CT molecular complexity index is 492. The van der Waals surface area contributed by atoms with Crippen molar-refractivity contribution in [3.8, 4) is 11.8 Å². The molecule has 1 rings (SSSR count). The van der Waals surface area contributed by atoms with Crippen molar-refractivity contribution in [1.82, 2.24) is 5.32 Å². The van der Waals surface area contributed by atoms with Crippen LogP contribution in [0.5, 0.6) is 5.75 Å². The minimum absolute atomic E-state index is 0.0595. The molecule has 1 amide bonds. The first-order valence-electron chi connectivity index (χ1n) is 6.57. The quantitative estimate of drug-likeness (QED) is 0.824. The zero-order chi connectivity index (χ0) is 15.1. The van der Waals surface area contributed by atoms with Gasteiger partial charge >= 0.3 is 0 Å². The van der Waals surface area contributed by atoms with Crippen molar-refractivity contribution in [3.05, 3.63) is 29.8 Å². The van der Waals surface area contributed by atoms with E-state index in [-0.39, 0.29) is 18.4 Å². The number of carbonyl (C=O) groups excluding carboxylic acids is 1. The van der Waals surface area contributed by atoms with Gasteiger partial charge in [0, 0.05) is 6.54 Å². The van der Waals surface area contributed by atoms with Crippen LogP contribution in [0, 0.1) is 17.2 Å². The Balaban J connectivity index is 2.82. The Kier molecular flexibility index (Phi) is 6.01. The molecule has 5 nitrogen and oxygen atoms in total. The van der Waals surface area contributed by atoms with E-state index in [1.54, 1.807) is 31.2 Å². The van der Waals surface area contributed by atoms with E-state index in [0.29, 0.717) is 11.3 Å². The summed E-state index contributed by atoms with van der Waals surface area (Å²) in [7, 11) is 0. The highest BCUT2D eigenvalue weighted by Crippen LogP contribution is 2.20. The molecule has 2 atom stereocenters. The fraction of sp³-hybridized carbons (Fsp3) is 0.467. The number of hydrogen-bond acceptors (Lipinski definition) is 4. The average molecular weight is 276 g/mol. The van der Waals surface area contributed by atoms with Gasteiger partial charge in [0.25, 0.3) is 5.91 Å². The number of rotatable bonds is 6. The van der Waals surface area contributed by atoms with Gasteiger partial charge in [-0.1, -0.05) is 26.0 Å². The molecule has 0 aliphatic carbocycles. The standard InChI is InChI=1S/C15H20N2O3/c1-10(2)14(15(19)17-9-11(3)18)20-13-7-5-4-6-12(13)8-16/h4-7,10-11,14,18H,9H2,1-3H3,(H,17,19). The summed E-state index contributed by atoms with van der Waals surface area (Å²) < 4.78 is 5.68. The summed E-state index contributed by atoms with van der Waals surface area (Å²) in [5, 5.41) is 20.8. The van der Waals surface area contributed by atoms with Gasteiger partial charge in [-0.25, -0.2) is 0 Å². The average Bonchev–Trinajstić information content (AvgIpc) is 2.42. The summed E-state index contributed by atoms with van der Waals surface area (Å²) in [5.74, 6) is 0.0327. The number of amides is 1. The zero-order valence-corrected chi connectivity index (χ0v) is 12.0. The Morgan fingerprint density at radius 2 is 2.05 bits per heavy atom. The maximum Gasteiger partial charge on any atom is 0.261 e. The number of nitriles is 1. The lowest BCUT2D eigenvalue weighted by Gasteiger charge is -2.22. The molecular formula is C15H20N2O3. The van der Waals surface area contributed by atoms with Crippen LogP contribution in [0.1, 0.15) is 26.3 Å². The predicted molar refractivity (Wildman–Crippen MR) is 75.1 cm³/mol. The number of aliphatic hydroxyl groups excluding tert-OH is 1. The largest absolute Gasteiger partial charge is 0.479 e. The maximum atomic E-state index is 12.1. The number of aliphatic hydroxyl groups is 1. The molecule has 0 aliphatic heterocycles. The molecule has 0 saturated carbocycles. The van der Waals surface area contributed by atoms with Crippen molar-refractivity contribution in [1.29, 1.82) is 5.26 Å². The van der Waals surface area contributed by atoms with E-state index >= 15 is 0 Å². The van der Waals surface area contributed by atoms with Crippen LogP contribution in [0.4, 0.5) is 0 Å². The summed E-state index contributed by atoms with van der Waals surface area (Å²) in [5.41, 5.74) is 0.390. The molecule has 5 heteroatoms. The molecule has 0 fully saturated rings. The monoisotopic (exact) mass is 276 g/mol. The van der Waals surface area contributed by atoms with E-state index in [9.17, 15) is 9.90 Å². The Labute approximate surface area is 119 Å². The molecule has 2 N–H and O–H groups in total. The highest BCUT2D eigenvalue weighted by atomic mass is 16.5. The lowest BCUT2D eigenvalue weighted by atomic mass is 10.1. The number of benzene rings is 1. The molecule has 0 bridgehead atoms. The lowest BCUT2D eigenvalue weighted by Crippen LogP contribution is -2.44. The van der Waals surface area contributed by atoms with Crippen LogP contribution < -0.4 is 10.1 Å². The second-order valence-corrected chi connectivity index (χ2v) is 4.98. The molecule has 0 radical (unpaired) electrons. The van der Waals surface area contributed by atoms with Crippen LogP contribution in [-0.4, -0.2) is 29.8 Å². The first-order chi connectivity index (χ1) is 9.45. The van der Waals surface area contributed by atoms with Gasteiger partial charge < -0.3 is 15.2 Å². The number of para-hydroxylation sites is 1. The molecule has 0 heterocycles. The summed E-state index contributed by atoms with van der Waals surface area (Å²) in [6, 6.07) is 8.82. The van der Waals surface area contributed by atoms with Gasteiger partial charge in [-0.3, -0.25) is 4.79 Å².